The first-order chi connectivity index (χ1) is 22.0. The molecular weight excluding hydrogens is 631 g/mol. The van der Waals surface area contributed by atoms with Crippen molar-refractivity contribution in [1.82, 2.24) is 20.9 Å². The standard InChI is InChI=1S/C34H46F3N5O6/c1-16(2)23(25(43)18-10-12-19(13-11-18)34(35,36)37)40-31(48)41-27(32(3,4)5)30(47)42-15-20-22(33(20,6)7)24(42)29(46)39-21(14-17-8-9-17)26(44)28(38)45/h10-13,16-17,20-24,27H,8-9,14-15H2,1-7H3,(H2,38,45)(H,39,46)(H2,40,41,48)/t20-,21?,22-,23-,24-,27+/m0/s1. The number of halogens is 3. The summed E-state index contributed by atoms with van der Waals surface area (Å²) in [7, 11) is 0. The fourth-order valence-electron chi connectivity index (χ4n) is 6.83. The molecule has 5 amide bonds. The number of benzene rings is 1. The van der Waals surface area contributed by atoms with Crippen LogP contribution in [0.15, 0.2) is 24.3 Å². The van der Waals surface area contributed by atoms with Crippen molar-refractivity contribution in [3.8, 4) is 0 Å². The highest BCUT2D eigenvalue weighted by molar-refractivity contribution is 6.37. The number of piperidine rings is 1. The van der Waals surface area contributed by atoms with Crippen LogP contribution in [-0.4, -0.2) is 70.9 Å². The molecule has 0 spiro atoms. The largest absolute Gasteiger partial charge is 0.416 e. The SMILES string of the molecule is CC(C)[C@H](NC(=O)N[C@H](C(=O)N1C[C@H]2[C@@H]([C@H]1C(=O)NC(CC1CC1)C(=O)C(N)=O)C2(C)C)C(C)(C)C)C(=O)c1ccc(C(F)(F)F)cc1. The number of urea groups is 1. The number of likely N-dealkylation sites (tertiary alicyclic amines) is 1. The van der Waals surface area contributed by atoms with E-state index < -0.39 is 82.6 Å². The molecule has 264 valence electrons. The van der Waals surface area contributed by atoms with E-state index in [2.05, 4.69) is 16.0 Å². The zero-order valence-corrected chi connectivity index (χ0v) is 28.4. The second-order valence-electron chi connectivity index (χ2n) is 15.4. The Bertz CT molecular complexity index is 1460. The third kappa shape index (κ3) is 7.84. The molecule has 14 heteroatoms. The molecule has 2 saturated carbocycles. The van der Waals surface area contributed by atoms with Gasteiger partial charge < -0.3 is 26.6 Å². The number of nitrogens with one attached hydrogen (secondary N) is 3. The maximum Gasteiger partial charge on any atom is 0.416 e. The average Bonchev–Trinajstić information content (AvgIpc) is 3.83. The number of carbonyl (C=O) groups excluding carboxylic acids is 6. The lowest BCUT2D eigenvalue weighted by atomic mass is 9.85. The third-order valence-corrected chi connectivity index (χ3v) is 10.0. The van der Waals surface area contributed by atoms with Crippen molar-refractivity contribution in [2.45, 2.75) is 98.1 Å². The zero-order chi connectivity index (χ0) is 36.1. The van der Waals surface area contributed by atoms with Gasteiger partial charge >= 0.3 is 12.2 Å². The summed E-state index contributed by atoms with van der Waals surface area (Å²) in [4.78, 5) is 80.5. The van der Waals surface area contributed by atoms with E-state index in [0.717, 1.165) is 37.1 Å². The van der Waals surface area contributed by atoms with Gasteiger partial charge in [-0.25, -0.2) is 4.79 Å². The van der Waals surface area contributed by atoms with Gasteiger partial charge in [0.2, 0.25) is 17.6 Å². The molecule has 3 fully saturated rings. The Kier molecular flexibility index (Phi) is 10.1. The summed E-state index contributed by atoms with van der Waals surface area (Å²) in [6.07, 6.45) is -2.55. The summed E-state index contributed by atoms with van der Waals surface area (Å²) < 4.78 is 39.1. The van der Waals surface area contributed by atoms with Crippen molar-refractivity contribution < 1.29 is 41.9 Å². The van der Waals surface area contributed by atoms with Gasteiger partial charge in [-0.1, -0.05) is 73.4 Å². The molecule has 48 heavy (non-hydrogen) atoms. The van der Waals surface area contributed by atoms with Crippen LogP contribution in [-0.2, 0) is 25.4 Å². The Morgan fingerprint density at radius 1 is 0.958 bits per heavy atom. The number of fused-ring (bicyclic) bond motifs is 1. The maximum atomic E-state index is 14.2. The summed E-state index contributed by atoms with van der Waals surface area (Å²) in [6, 6.07) is -1.48. The predicted octanol–water partition coefficient (Wildman–Crippen LogP) is 3.45. The average molecular weight is 678 g/mol. The Balaban J connectivity index is 1.52. The fourth-order valence-corrected chi connectivity index (χ4v) is 6.83. The summed E-state index contributed by atoms with van der Waals surface area (Å²) in [6.45, 7) is 12.8. The minimum absolute atomic E-state index is 0.00736. The van der Waals surface area contributed by atoms with Crippen molar-refractivity contribution >= 4 is 35.3 Å². The smallest absolute Gasteiger partial charge is 0.363 e. The molecule has 1 heterocycles. The van der Waals surface area contributed by atoms with Gasteiger partial charge in [-0.2, -0.15) is 13.2 Å². The first-order valence-electron chi connectivity index (χ1n) is 16.3. The summed E-state index contributed by atoms with van der Waals surface area (Å²) in [5.74, 6) is -4.23. The minimum Gasteiger partial charge on any atom is -0.363 e. The summed E-state index contributed by atoms with van der Waals surface area (Å²) >= 11 is 0. The molecule has 1 aliphatic heterocycles. The molecule has 3 aliphatic rings. The number of alkyl halides is 3. The van der Waals surface area contributed by atoms with E-state index in [1.165, 1.54) is 4.90 Å². The van der Waals surface area contributed by atoms with Crippen LogP contribution in [0, 0.1) is 34.5 Å². The van der Waals surface area contributed by atoms with Gasteiger partial charge in [0.05, 0.1) is 17.6 Å². The van der Waals surface area contributed by atoms with E-state index in [-0.39, 0.29) is 41.7 Å². The van der Waals surface area contributed by atoms with Crippen molar-refractivity contribution in [3.05, 3.63) is 35.4 Å². The van der Waals surface area contributed by atoms with Crippen molar-refractivity contribution in [3.63, 3.8) is 0 Å². The van der Waals surface area contributed by atoms with Gasteiger partial charge in [0, 0.05) is 12.1 Å². The van der Waals surface area contributed by atoms with Crippen LogP contribution in [0.25, 0.3) is 0 Å². The highest BCUT2D eigenvalue weighted by Gasteiger charge is 2.70. The van der Waals surface area contributed by atoms with Gasteiger partial charge in [-0.3, -0.25) is 24.0 Å². The molecule has 4 rings (SSSR count). The topological polar surface area (TPSA) is 168 Å². The normalized spacial score (nSPS) is 23.4. The highest BCUT2D eigenvalue weighted by Crippen LogP contribution is 2.65. The lowest BCUT2D eigenvalue weighted by Gasteiger charge is -2.38. The van der Waals surface area contributed by atoms with Crippen LogP contribution in [0.1, 0.15) is 83.7 Å². The van der Waals surface area contributed by atoms with Gasteiger partial charge in [0.25, 0.3) is 5.91 Å². The number of nitrogens with zero attached hydrogens (tertiary/aromatic N) is 1. The second kappa shape index (κ2) is 13.1. The number of primary amides is 1. The molecule has 6 atom stereocenters. The Hall–Kier alpha value is -3.97. The quantitative estimate of drug-likeness (QED) is 0.195. The number of ketones is 2. The van der Waals surface area contributed by atoms with Crippen molar-refractivity contribution in [2.75, 3.05) is 6.54 Å². The molecule has 5 N–H and O–H groups in total. The van der Waals surface area contributed by atoms with Crippen LogP contribution in [0.2, 0.25) is 0 Å². The van der Waals surface area contributed by atoms with Gasteiger partial charge in [-0.05, 0) is 53.1 Å². The van der Waals surface area contributed by atoms with Crippen molar-refractivity contribution in [1.29, 1.82) is 0 Å². The number of carbonyl (C=O) groups is 6. The van der Waals surface area contributed by atoms with Gasteiger partial charge in [0.15, 0.2) is 5.78 Å². The Morgan fingerprint density at radius 3 is 2.02 bits per heavy atom. The molecule has 0 radical (unpaired) electrons. The molecule has 1 aromatic rings. The first kappa shape index (κ1) is 36.9. The monoisotopic (exact) mass is 677 g/mol. The third-order valence-electron chi connectivity index (χ3n) is 10.0. The second-order valence-corrected chi connectivity index (χ2v) is 15.4. The van der Waals surface area contributed by atoms with E-state index in [9.17, 15) is 41.9 Å². The minimum atomic E-state index is -4.57. The molecule has 2 aliphatic carbocycles. The molecule has 1 aromatic carbocycles. The Morgan fingerprint density at radius 2 is 1.54 bits per heavy atom. The molecule has 1 unspecified atom stereocenters. The number of amides is 5. The summed E-state index contributed by atoms with van der Waals surface area (Å²) in [5, 5.41) is 7.98. The predicted molar refractivity (Wildman–Crippen MR) is 169 cm³/mol. The number of nitrogens with two attached hydrogens (primary N) is 1. The van der Waals surface area contributed by atoms with Crippen LogP contribution in [0.3, 0.4) is 0 Å². The van der Waals surface area contributed by atoms with Crippen LogP contribution >= 0.6 is 0 Å². The van der Waals surface area contributed by atoms with Crippen LogP contribution < -0.4 is 21.7 Å². The van der Waals surface area contributed by atoms with Crippen LogP contribution in [0.4, 0.5) is 18.0 Å². The highest BCUT2D eigenvalue weighted by atomic mass is 19.4. The molecule has 0 aromatic heterocycles. The molecular formula is C34H46F3N5O6. The van der Waals surface area contributed by atoms with Crippen LogP contribution in [0.5, 0.6) is 0 Å². The van der Waals surface area contributed by atoms with E-state index in [0.29, 0.717) is 0 Å². The Labute approximate surface area is 278 Å². The number of Topliss-reactive ketones (excluding diaryl/α,β-unsaturated/α-hetero) is 2. The number of hydrogen-bond donors (Lipinski definition) is 4. The molecule has 0 bridgehead atoms. The van der Waals surface area contributed by atoms with Gasteiger partial charge in [0.1, 0.15) is 12.1 Å². The lowest BCUT2D eigenvalue weighted by Crippen LogP contribution is -2.62. The van der Waals surface area contributed by atoms with E-state index in [1.807, 2.05) is 13.8 Å². The molecule has 1 saturated heterocycles. The first-order valence-corrected chi connectivity index (χ1v) is 16.3. The number of rotatable bonds is 12. The maximum absolute atomic E-state index is 14.2. The van der Waals surface area contributed by atoms with E-state index in [1.54, 1.807) is 34.6 Å². The van der Waals surface area contributed by atoms with E-state index >= 15 is 0 Å². The zero-order valence-electron chi connectivity index (χ0n) is 28.4. The fraction of sp³-hybridized carbons (Fsp3) is 0.647. The molecule has 11 nitrogen and oxygen atoms in total. The number of hydrogen-bond acceptors (Lipinski definition) is 6. The van der Waals surface area contributed by atoms with E-state index in [4.69, 9.17) is 5.73 Å². The lowest BCUT2D eigenvalue weighted by molar-refractivity contribution is -0.145. The van der Waals surface area contributed by atoms with Gasteiger partial charge in [-0.15, -0.1) is 0 Å². The van der Waals surface area contributed by atoms with Crippen molar-refractivity contribution in [2.24, 2.45) is 40.2 Å². The summed E-state index contributed by atoms with van der Waals surface area (Å²) in [5.41, 5.74) is 3.21.